The minimum absolute atomic E-state index is 0. The van der Waals surface area contributed by atoms with Crippen molar-refractivity contribution < 1.29 is 9.84 Å². The average molecular weight is 427 g/mol. The SMILES string of the molecule is Cc1ccc(C)c(OCC(O)CN2CCN(Cc3ccccc3)CC2)c1.Cl.Cl. The lowest BCUT2D eigenvalue weighted by molar-refractivity contribution is 0.0445. The number of ether oxygens (including phenoxy) is 1. The Kier molecular flexibility index (Phi) is 10.9. The summed E-state index contributed by atoms with van der Waals surface area (Å²) in [5.41, 5.74) is 3.65. The molecule has 1 fully saturated rings. The van der Waals surface area contributed by atoms with E-state index in [1.807, 2.05) is 13.0 Å². The third-order valence-electron chi connectivity index (χ3n) is 4.96. The predicted octanol–water partition coefficient (Wildman–Crippen LogP) is 3.70. The fraction of sp³-hybridized carbons (Fsp3) is 0.455. The average Bonchev–Trinajstić information content (AvgIpc) is 2.65. The molecule has 156 valence electrons. The lowest BCUT2D eigenvalue weighted by Gasteiger charge is -2.35. The van der Waals surface area contributed by atoms with Crippen LogP contribution in [0.5, 0.6) is 5.75 Å². The molecule has 1 aliphatic heterocycles. The second-order valence-electron chi connectivity index (χ2n) is 7.30. The number of halogens is 2. The van der Waals surface area contributed by atoms with Crippen LogP contribution in [0, 0.1) is 13.8 Å². The molecular formula is C22H32Cl2N2O2. The molecule has 0 spiro atoms. The van der Waals surface area contributed by atoms with Gasteiger partial charge in [0.05, 0.1) is 0 Å². The maximum Gasteiger partial charge on any atom is 0.122 e. The summed E-state index contributed by atoms with van der Waals surface area (Å²) in [5.74, 6) is 0.872. The van der Waals surface area contributed by atoms with Crippen LogP contribution in [0.1, 0.15) is 16.7 Å². The third kappa shape index (κ3) is 7.61. The summed E-state index contributed by atoms with van der Waals surface area (Å²) in [6.07, 6.45) is -0.462. The zero-order valence-corrected chi connectivity index (χ0v) is 18.3. The van der Waals surface area contributed by atoms with Gasteiger partial charge in [-0.3, -0.25) is 9.80 Å². The molecule has 0 saturated carbocycles. The maximum absolute atomic E-state index is 10.3. The summed E-state index contributed by atoms with van der Waals surface area (Å²) < 4.78 is 5.83. The Balaban J connectivity index is 0.00000196. The second kappa shape index (κ2) is 12.3. The summed E-state index contributed by atoms with van der Waals surface area (Å²) in [7, 11) is 0. The first-order valence-electron chi connectivity index (χ1n) is 9.47. The molecule has 1 N–H and O–H groups in total. The number of rotatable bonds is 7. The zero-order valence-electron chi connectivity index (χ0n) is 16.7. The molecule has 2 aromatic rings. The van der Waals surface area contributed by atoms with Crippen molar-refractivity contribution in [2.75, 3.05) is 39.3 Å². The summed E-state index contributed by atoms with van der Waals surface area (Å²) in [6.45, 7) is 10.2. The van der Waals surface area contributed by atoms with E-state index in [-0.39, 0.29) is 24.8 Å². The van der Waals surface area contributed by atoms with Crippen LogP contribution in [0.4, 0.5) is 0 Å². The molecule has 0 amide bonds. The molecule has 3 rings (SSSR count). The summed E-state index contributed by atoms with van der Waals surface area (Å²) >= 11 is 0. The minimum atomic E-state index is -0.462. The molecule has 28 heavy (non-hydrogen) atoms. The third-order valence-corrected chi connectivity index (χ3v) is 4.96. The van der Waals surface area contributed by atoms with E-state index in [0.717, 1.165) is 44.0 Å². The zero-order chi connectivity index (χ0) is 18.4. The molecule has 1 unspecified atom stereocenters. The van der Waals surface area contributed by atoms with Gasteiger partial charge in [-0.1, -0.05) is 42.5 Å². The Labute approximate surface area is 181 Å². The fourth-order valence-electron chi connectivity index (χ4n) is 3.37. The minimum Gasteiger partial charge on any atom is -0.491 e. The molecule has 4 nitrogen and oxygen atoms in total. The number of hydrogen-bond donors (Lipinski definition) is 1. The van der Waals surface area contributed by atoms with Crippen LogP contribution in [-0.4, -0.2) is 60.3 Å². The van der Waals surface area contributed by atoms with Crippen molar-refractivity contribution in [3.63, 3.8) is 0 Å². The van der Waals surface area contributed by atoms with Crippen LogP contribution in [0.2, 0.25) is 0 Å². The molecule has 1 atom stereocenters. The Morgan fingerprint density at radius 1 is 0.929 bits per heavy atom. The van der Waals surface area contributed by atoms with E-state index in [2.05, 4.69) is 59.2 Å². The Morgan fingerprint density at radius 3 is 2.25 bits per heavy atom. The molecule has 1 heterocycles. The Hall–Kier alpha value is -1.30. The van der Waals surface area contributed by atoms with Gasteiger partial charge in [0, 0.05) is 39.3 Å². The second-order valence-corrected chi connectivity index (χ2v) is 7.30. The van der Waals surface area contributed by atoms with Crippen molar-refractivity contribution in [3.8, 4) is 5.75 Å². The first kappa shape index (κ1) is 24.7. The Bertz CT molecular complexity index is 692. The van der Waals surface area contributed by atoms with Crippen molar-refractivity contribution in [2.24, 2.45) is 0 Å². The number of hydrogen-bond acceptors (Lipinski definition) is 4. The first-order chi connectivity index (χ1) is 12.6. The van der Waals surface area contributed by atoms with E-state index in [0.29, 0.717) is 13.2 Å². The van der Waals surface area contributed by atoms with E-state index < -0.39 is 6.10 Å². The standard InChI is InChI=1S/C22H30N2O2.2ClH/c1-18-8-9-19(2)22(14-18)26-17-21(25)16-24-12-10-23(11-13-24)15-20-6-4-3-5-7-20;;/h3-9,14,21,25H,10-13,15-17H2,1-2H3;2*1H. The van der Waals surface area contributed by atoms with Crippen molar-refractivity contribution in [3.05, 3.63) is 65.2 Å². The number of aryl methyl sites for hydroxylation is 2. The van der Waals surface area contributed by atoms with Crippen molar-refractivity contribution in [1.82, 2.24) is 9.80 Å². The molecule has 0 aliphatic carbocycles. The van der Waals surface area contributed by atoms with Crippen LogP contribution in [0.25, 0.3) is 0 Å². The number of nitrogens with zero attached hydrogens (tertiary/aromatic N) is 2. The van der Waals surface area contributed by atoms with Gasteiger partial charge >= 0.3 is 0 Å². The number of aliphatic hydroxyl groups excluding tert-OH is 1. The van der Waals surface area contributed by atoms with Gasteiger partial charge in [-0.15, -0.1) is 24.8 Å². The summed E-state index contributed by atoms with van der Waals surface area (Å²) in [5, 5.41) is 10.3. The van der Waals surface area contributed by atoms with E-state index >= 15 is 0 Å². The van der Waals surface area contributed by atoms with Crippen LogP contribution >= 0.6 is 24.8 Å². The monoisotopic (exact) mass is 426 g/mol. The van der Waals surface area contributed by atoms with Crippen molar-refractivity contribution in [2.45, 2.75) is 26.5 Å². The Morgan fingerprint density at radius 2 is 1.57 bits per heavy atom. The van der Waals surface area contributed by atoms with Crippen molar-refractivity contribution in [1.29, 1.82) is 0 Å². The van der Waals surface area contributed by atoms with E-state index in [9.17, 15) is 5.11 Å². The lowest BCUT2D eigenvalue weighted by atomic mass is 10.1. The van der Waals surface area contributed by atoms with E-state index in [1.165, 1.54) is 11.1 Å². The number of β-amino-alcohol motifs (C(OH)–C–C–N with tert-alkyl or cyclic N) is 1. The van der Waals surface area contributed by atoms with E-state index in [1.54, 1.807) is 0 Å². The highest BCUT2D eigenvalue weighted by atomic mass is 35.5. The highest BCUT2D eigenvalue weighted by Gasteiger charge is 2.19. The molecule has 0 bridgehead atoms. The summed E-state index contributed by atoms with van der Waals surface area (Å²) in [6, 6.07) is 16.8. The number of piperazine rings is 1. The first-order valence-corrected chi connectivity index (χ1v) is 9.47. The van der Waals surface area contributed by atoms with Crippen LogP contribution in [0.15, 0.2) is 48.5 Å². The molecule has 1 aliphatic rings. The smallest absolute Gasteiger partial charge is 0.122 e. The summed E-state index contributed by atoms with van der Waals surface area (Å²) in [4.78, 5) is 4.81. The van der Waals surface area contributed by atoms with Crippen molar-refractivity contribution >= 4 is 24.8 Å². The quantitative estimate of drug-likeness (QED) is 0.731. The fourth-order valence-corrected chi connectivity index (χ4v) is 3.37. The van der Waals surface area contributed by atoms with Gasteiger partial charge in [-0.2, -0.15) is 0 Å². The normalized spacial score (nSPS) is 16.0. The number of aliphatic hydroxyl groups is 1. The van der Waals surface area contributed by atoms with Crippen LogP contribution in [-0.2, 0) is 6.54 Å². The highest BCUT2D eigenvalue weighted by molar-refractivity contribution is 5.85. The highest BCUT2D eigenvalue weighted by Crippen LogP contribution is 2.19. The molecular weight excluding hydrogens is 395 g/mol. The topological polar surface area (TPSA) is 35.9 Å². The molecule has 0 radical (unpaired) electrons. The van der Waals surface area contributed by atoms with E-state index in [4.69, 9.17) is 4.74 Å². The predicted molar refractivity (Wildman–Crippen MR) is 120 cm³/mol. The van der Waals surface area contributed by atoms with Gasteiger partial charge in [0.25, 0.3) is 0 Å². The molecule has 0 aromatic heterocycles. The molecule has 1 saturated heterocycles. The van der Waals surface area contributed by atoms with Gasteiger partial charge in [0.15, 0.2) is 0 Å². The van der Waals surface area contributed by atoms with Gasteiger partial charge < -0.3 is 9.84 Å². The number of benzene rings is 2. The van der Waals surface area contributed by atoms with Gasteiger partial charge in [0.1, 0.15) is 18.5 Å². The molecule has 2 aromatic carbocycles. The van der Waals surface area contributed by atoms with Gasteiger partial charge in [-0.25, -0.2) is 0 Å². The maximum atomic E-state index is 10.3. The van der Waals surface area contributed by atoms with Crippen LogP contribution in [0.3, 0.4) is 0 Å². The van der Waals surface area contributed by atoms with Gasteiger partial charge in [-0.05, 0) is 36.6 Å². The lowest BCUT2D eigenvalue weighted by Crippen LogP contribution is -2.48. The largest absolute Gasteiger partial charge is 0.491 e. The molecule has 6 heteroatoms. The van der Waals surface area contributed by atoms with Crippen LogP contribution < -0.4 is 4.74 Å². The van der Waals surface area contributed by atoms with Gasteiger partial charge in [0.2, 0.25) is 0 Å².